The van der Waals surface area contributed by atoms with E-state index in [1.807, 2.05) is 6.07 Å². The third kappa shape index (κ3) is 3.50. The Morgan fingerprint density at radius 1 is 1.32 bits per heavy atom. The van der Waals surface area contributed by atoms with E-state index in [4.69, 9.17) is 0 Å². The van der Waals surface area contributed by atoms with Crippen molar-refractivity contribution in [1.29, 1.82) is 0 Å². The van der Waals surface area contributed by atoms with E-state index < -0.39 is 0 Å². The first-order valence-corrected chi connectivity index (χ1v) is 7.58. The van der Waals surface area contributed by atoms with Crippen LogP contribution >= 0.6 is 0 Å². The van der Waals surface area contributed by atoms with Crippen molar-refractivity contribution in [2.75, 3.05) is 6.54 Å². The van der Waals surface area contributed by atoms with Crippen LogP contribution in [0.25, 0.3) is 0 Å². The molecule has 0 amide bonds. The van der Waals surface area contributed by atoms with Crippen LogP contribution in [-0.2, 0) is 11.8 Å². The minimum absolute atomic E-state index is 0.183. The van der Waals surface area contributed by atoms with E-state index in [0.717, 1.165) is 24.9 Å². The van der Waals surface area contributed by atoms with Gasteiger partial charge in [0.05, 0.1) is 0 Å². The van der Waals surface area contributed by atoms with Crippen molar-refractivity contribution in [3.8, 4) is 5.75 Å². The number of rotatable bonds is 4. The summed E-state index contributed by atoms with van der Waals surface area (Å²) in [7, 11) is 0. The highest BCUT2D eigenvalue weighted by atomic mass is 16.3. The molecule has 1 unspecified atom stereocenters. The number of hydrogen-bond donors (Lipinski definition) is 2. The van der Waals surface area contributed by atoms with Crippen molar-refractivity contribution in [2.24, 2.45) is 0 Å². The molecule has 2 nitrogen and oxygen atoms in total. The molecule has 2 rings (SSSR count). The monoisotopic (exact) mass is 261 g/mol. The van der Waals surface area contributed by atoms with Crippen LogP contribution in [-0.4, -0.2) is 17.7 Å². The number of aromatic hydroxyl groups is 1. The molecular weight excluding hydrogens is 234 g/mol. The Kier molecular flexibility index (Phi) is 4.51. The zero-order valence-corrected chi connectivity index (χ0v) is 12.5. The molecule has 0 aromatic heterocycles. The van der Waals surface area contributed by atoms with Crippen molar-refractivity contribution < 1.29 is 5.11 Å². The predicted octanol–water partition coefficient (Wildman–Crippen LogP) is 3.76. The Balaban J connectivity index is 2.17. The van der Waals surface area contributed by atoms with Gasteiger partial charge < -0.3 is 10.4 Å². The second-order valence-electron chi connectivity index (χ2n) is 6.43. The van der Waals surface area contributed by atoms with Crippen molar-refractivity contribution in [2.45, 2.75) is 64.3 Å². The lowest BCUT2D eigenvalue weighted by Crippen LogP contribution is -2.35. The number of piperidine rings is 1. The third-order valence-corrected chi connectivity index (χ3v) is 4.62. The molecule has 1 atom stereocenters. The summed E-state index contributed by atoms with van der Waals surface area (Å²) in [4.78, 5) is 0. The van der Waals surface area contributed by atoms with E-state index in [1.54, 1.807) is 0 Å². The second-order valence-corrected chi connectivity index (χ2v) is 6.43. The average molecular weight is 261 g/mol. The van der Waals surface area contributed by atoms with Gasteiger partial charge in [-0.3, -0.25) is 0 Å². The maximum Gasteiger partial charge on any atom is 0.118 e. The third-order valence-electron chi connectivity index (χ3n) is 4.62. The molecule has 106 valence electrons. The van der Waals surface area contributed by atoms with Gasteiger partial charge in [0, 0.05) is 6.04 Å². The summed E-state index contributed by atoms with van der Waals surface area (Å²) in [5.41, 5.74) is 2.61. The number of phenolic OH excluding ortho intramolecular Hbond substituents is 1. The van der Waals surface area contributed by atoms with Crippen molar-refractivity contribution >= 4 is 0 Å². The minimum Gasteiger partial charge on any atom is -0.508 e. The van der Waals surface area contributed by atoms with Crippen LogP contribution in [0.1, 0.15) is 57.6 Å². The zero-order chi connectivity index (χ0) is 13.9. The molecule has 1 fully saturated rings. The first-order chi connectivity index (χ1) is 9.03. The number of nitrogens with one attached hydrogen (secondary N) is 1. The summed E-state index contributed by atoms with van der Waals surface area (Å²) in [6.45, 7) is 7.87. The molecule has 1 aliphatic rings. The molecular formula is C17H27NO. The topological polar surface area (TPSA) is 32.3 Å². The van der Waals surface area contributed by atoms with Crippen molar-refractivity contribution in [1.82, 2.24) is 5.32 Å². The highest BCUT2D eigenvalue weighted by Gasteiger charge is 2.21. The quantitative estimate of drug-likeness (QED) is 0.865. The smallest absolute Gasteiger partial charge is 0.118 e. The minimum atomic E-state index is 0.183. The fourth-order valence-corrected chi connectivity index (χ4v) is 2.74. The van der Waals surface area contributed by atoms with Crippen LogP contribution in [0.4, 0.5) is 0 Å². The van der Waals surface area contributed by atoms with Gasteiger partial charge in [0.15, 0.2) is 0 Å². The molecule has 0 aliphatic carbocycles. The van der Waals surface area contributed by atoms with Gasteiger partial charge in [0.1, 0.15) is 5.75 Å². The Labute approximate surface area is 117 Å². The summed E-state index contributed by atoms with van der Waals surface area (Å²) in [6.07, 6.45) is 5.86. The van der Waals surface area contributed by atoms with Crippen LogP contribution in [0.2, 0.25) is 0 Å². The molecule has 0 bridgehead atoms. The Hall–Kier alpha value is -1.02. The lowest BCUT2D eigenvalue weighted by Gasteiger charge is -2.26. The van der Waals surface area contributed by atoms with Crippen LogP contribution < -0.4 is 5.32 Å². The Morgan fingerprint density at radius 3 is 2.74 bits per heavy atom. The summed E-state index contributed by atoms with van der Waals surface area (Å²) in [5.74, 6) is 0.447. The average Bonchev–Trinajstić information content (AvgIpc) is 2.42. The first-order valence-electron chi connectivity index (χ1n) is 7.58. The fraction of sp³-hybridized carbons (Fsp3) is 0.647. The molecule has 0 radical (unpaired) electrons. The maximum absolute atomic E-state index is 10.1. The number of phenols is 1. The summed E-state index contributed by atoms with van der Waals surface area (Å²) in [6, 6.07) is 6.66. The van der Waals surface area contributed by atoms with Crippen molar-refractivity contribution in [3.05, 3.63) is 29.3 Å². The van der Waals surface area contributed by atoms with E-state index in [-0.39, 0.29) is 5.41 Å². The molecule has 1 aromatic rings. The summed E-state index contributed by atoms with van der Waals surface area (Å²) < 4.78 is 0. The lowest BCUT2D eigenvalue weighted by molar-refractivity contribution is 0.391. The van der Waals surface area contributed by atoms with Gasteiger partial charge in [-0.2, -0.15) is 0 Å². The van der Waals surface area contributed by atoms with Crippen LogP contribution in [0, 0.1) is 0 Å². The first kappa shape index (κ1) is 14.4. The van der Waals surface area contributed by atoms with E-state index in [2.05, 4.69) is 38.2 Å². The second kappa shape index (κ2) is 5.96. The highest BCUT2D eigenvalue weighted by Crippen LogP contribution is 2.31. The van der Waals surface area contributed by atoms with Crippen LogP contribution in [0.3, 0.4) is 0 Å². The van der Waals surface area contributed by atoms with Gasteiger partial charge >= 0.3 is 0 Å². The van der Waals surface area contributed by atoms with Gasteiger partial charge in [-0.1, -0.05) is 39.3 Å². The SMILES string of the molecule is CCC(C)(C)c1ccc(O)c(CC2CCCCN2)c1. The normalized spacial score (nSPS) is 20.5. The van der Waals surface area contributed by atoms with E-state index in [0.29, 0.717) is 11.8 Å². The van der Waals surface area contributed by atoms with Crippen molar-refractivity contribution in [3.63, 3.8) is 0 Å². The van der Waals surface area contributed by atoms with E-state index >= 15 is 0 Å². The van der Waals surface area contributed by atoms with Gasteiger partial charge in [-0.15, -0.1) is 0 Å². The van der Waals surface area contributed by atoms with Crippen LogP contribution in [0.5, 0.6) is 5.75 Å². The molecule has 1 aromatic carbocycles. The molecule has 0 spiro atoms. The molecule has 1 heterocycles. The Morgan fingerprint density at radius 2 is 2.11 bits per heavy atom. The van der Waals surface area contributed by atoms with Gasteiger partial charge in [-0.25, -0.2) is 0 Å². The number of benzene rings is 1. The summed E-state index contributed by atoms with van der Waals surface area (Å²) >= 11 is 0. The summed E-state index contributed by atoms with van der Waals surface area (Å²) in [5, 5.41) is 13.6. The largest absolute Gasteiger partial charge is 0.508 e. The highest BCUT2D eigenvalue weighted by molar-refractivity contribution is 5.39. The van der Waals surface area contributed by atoms with E-state index in [1.165, 1.54) is 24.8 Å². The van der Waals surface area contributed by atoms with Gasteiger partial charge in [0.2, 0.25) is 0 Å². The van der Waals surface area contributed by atoms with Crippen LogP contribution in [0.15, 0.2) is 18.2 Å². The number of hydrogen-bond acceptors (Lipinski definition) is 2. The zero-order valence-electron chi connectivity index (χ0n) is 12.5. The van der Waals surface area contributed by atoms with E-state index in [9.17, 15) is 5.11 Å². The molecule has 1 aliphatic heterocycles. The molecule has 2 N–H and O–H groups in total. The molecule has 1 saturated heterocycles. The molecule has 19 heavy (non-hydrogen) atoms. The van der Waals surface area contributed by atoms with Gasteiger partial charge in [-0.05, 0) is 54.8 Å². The predicted molar refractivity (Wildman–Crippen MR) is 80.8 cm³/mol. The molecule has 2 heteroatoms. The maximum atomic E-state index is 10.1. The lowest BCUT2D eigenvalue weighted by atomic mass is 9.81. The Bertz CT molecular complexity index is 419. The van der Waals surface area contributed by atoms with Gasteiger partial charge in [0.25, 0.3) is 0 Å². The molecule has 0 saturated carbocycles. The standard InChI is InChI=1S/C17H27NO/c1-4-17(2,3)14-8-9-16(19)13(11-14)12-15-7-5-6-10-18-15/h8-9,11,15,18-19H,4-7,10,12H2,1-3H3. The fourth-order valence-electron chi connectivity index (χ4n) is 2.74.